The van der Waals surface area contributed by atoms with E-state index in [4.69, 9.17) is 9.47 Å². The first-order valence-corrected chi connectivity index (χ1v) is 11.2. The number of nitrogens with zero attached hydrogens (tertiary/aromatic N) is 2. The lowest BCUT2D eigenvalue weighted by atomic mass is 9.95. The number of rotatable bonds is 7. The van der Waals surface area contributed by atoms with Crippen molar-refractivity contribution in [1.82, 2.24) is 15.1 Å². The number of ether oxygens (including phenoxy) is 2. The number of phenolic OH excluding ortho intramolecular Hbond substituents is 1. The van der Waals surface area contributed by atoms with Crippen LogP contribution in [0.2, 0.25) is 0 Å². The van der Waals surface area contributed by atoms with Crippen molar-refractivity contribution < 1.29 is 23.8 Å². The van der Waals surface area contributed by atoms with E-state index in [0.29, 0.717) is 52.5 Å². The van der Waals surface area contributed by atoms with E-state index in [1.165, 1.54) is 6.07 Å². The maximum Gasteiger partial charge on any atom is 0.273 e. The molecule has 2 N–H and O–H groups in total. The van der Waals surface area contributed by atoms with E-state index in [9.17, 15) is 9.90 Å². The second kappa shape index (κ2) is 9.13. The normalized spacial score (nSPS) is 14.8. The Morgan fingerprint density at radius 3 is 2.51 bits per heavy atom. The van der Waals surface area contributed by atoms with Gasteiger partial charge < -0.3 is 19.5 Å². The maximum absolute atomic E-state index is 15.1. The zero-order valence-corrected chi connectivity index (χ0v) is 19.3. The van der Waals surface area contributed by atoms with Gasteiger partial charge >= 0.3 is 0 Å². The summed E-state index contributed by atoms with van der Waals surface area (Å²) in [7, 11) is 3.14. The van der Waals surface area contributed by atoms with Crippen LogP contribution in [0.4, 0.5) is 4.39 Å². The smallest absolute Gasteiger partial charge is 0.273 e. The van der Waals surface area contributed by atoms with Crippen molar-refractivity contribution in [2.24, 2.45) is 0 Å². The average molecular weight is 474 g/mol. The Morgan fingerprint density at radius 2 is 1.77 bits per heavy atom. The molecule has 0 saturated heterocycles. The molecule has 1 amide bonds. The molecule has 0 radical (unpaired) electrons. The van der Waals surface area contributed by atoms with Crippen molar-refractivity contribution >= 4 is 5.91 Å². The molecule has 8 heteroatoms. The van der Waals surface area contributed by atoms with Crippen LogP contribution < -0.4 is 9.47 Å². The number of carbonyl (C=O) groups is 1. The van der Waals surface area contributed by atoms with Gasteiger partial charge in [-0.25, -0.2) is 4.39 Å². The van der Waals surface area contributed by atoms with Gasteiger partial charge in [0.05, 0.1) is 20.3 Å². The molecule has 1 aliphatic heterocycles. The molecular weight excluding hydrogens is 449 g/mol. The Hall–Kier alpha value is -4.33. The average Bonchev–Trinajstić information content (AvgIpc) is 3.42. The molecule has 0 bridgehead atoms. The minimum Gasteiger partial charge on any atom is -0.507 e. The summed E-state index contributed by atoms with van der Waals surface area (Å²) in [6.45, 7) is 0.329. The second-order valence-corrected chi connectivity index (χ2v) is 8.24. The van der Waals surface area contributed by atoms with Crippen LogP contribution >= 0.6 is 0 Å². The lowest BCUT2D eigenvalue weighted by molar-refractivity contribution is 0.0744. The van der Waals surface area contributed by atoms with Crippen molar-refractivity contribution in [2.45, 2.75) is 12.5 Å². The first-order chi connectivity index (χ1) is 17.0. The zero-order valence-electron chi connectivity index (χ0n) is 19.3. The molecule has 0 saturated carbocycles. The number of aromatic hydroxyl groups is 1. The third-order valence-electron chi connectivity index (χ3n) is 6.31. The number of phenols is 1. The third-order valence-corrected chi connectivity index (χ3v) is 6.31. The molecule has 0 spiro atoms. The number of fused-ring (bicyclic) bond motifs is 1. The number of amides is 1. The number of para-hydroxylation sites is 1. The number of benzene rings is 3. The van der Waals surface area contributed by atoms with Gasteiger partial charge in [0.2, 0.25) is 0 Å². The van der Waals surface area contributed by atoms with Crippen LogP contribution in [0.25, 0.3) is 11.3 Å². The summed E-state index contributed by atoms with van der Waals surface area (Å²) in [5, 5.41) is 17.6. The Labute approximate surface area is 201 Å². The van der Waals surface area contributed by atoms with Gasteiger partial charge in [0, 0.05) is 23.2 Å². The van der Waals surface area contributed by atoms with Gasteiger partial charge in [-0.3, -0.25) is 9.89 Å². The first-order valence-electron chi connectivity index (χ1n) is 11.2. The van der Waals surface area contributed by atoms with Crippen LogP contribution in [0.1, 0.15) is 33.2 Å². The van der Waals surface area contributed by atoms with Crippen molar-refractivity contribution in [2.75, 3.05) is 20.8 Å². The Bertz CT molecular complexity index is 1400. The number of methoxy groups -OCH3 is 2. The molecule has 0 aliphatic carbocycles. The first kappa shape index (κ1) is 22.5. The van der Waals surface area contributed by atoms with E-state index in [-0.39, 0.29) is 11.7 Å². The highest BCUT2D eigenvalue weighted by atomic mass is 19.1. The number of aromatic amines is 1. The van der Waals surface area contributed by atoms with Crippen LogP contribution in [-0.4, -0.2) is 46.9 Å². The van der Waals surface area contributed by atoms with Crippen molar-refractivity contribution in [1.29, 1.82) is 0 Å². The largest absolute Gasteiger partial charge is 0.507 e. The van der Waals surface area contributed by atoms with Gasteiger partial charge in [0.1, 0.15) is 23.0 Å². The van der Waals surface area contributed by atoms with Crippen LogP contribution in [0.15, 0.2) is 66.7 Å². The lowest BCUT2D eigenvalue weighted by Gasteiger charge is -2.27. The lowest BCUT2D eigenvalue weighted by Crippen LogP contribution is -2.32. The predicted molar refractivity (Wildman–Crippen MR) is 128 cm³/mol. The Kier molecular flexibility index (Phi) is 5.86. The van der Waals surface area contributed by atoms with Crippen molar-refractivity contribution in [3.63, 3.8) is 0 Å². The molecule has 5 rings (SSSR count). The van der Waals surface area contributed by atoms with Crippen molar-refractivity contribution in [3.8, 4) is 28.5 Å². The molecule has 7 nitrogen and oxygen atoms in total. The summed E-state index contributed by atoms with van der Waals surface area (Å²) in [6, 6.07) is 18.1. The molecular formula is C27H24FN3O4. The van der Waals surface area contributed by atoms with E-state index >= 15 is 4.39 Å². The highest BCUT2D eigenvalue weighted by Gasteiger charge is 2.43. The SMILES string of the molecule is COc1ccc(CCN2C(=O)c3[nH]nc(-c4ccccc4O)c3C2c2ccccc2F)cc1OC. The molecule has 3 aromatic carbocycles. The molecule has 0 fully saturated rings. The minimum atomic E-state index is -0.702. The molecule has 1 aliphatic rings. The summed E-state index contributed by atoms with van der Waals surface area (Å²) in [6.07, 6.45) is 0.515. The summed E-state index contributed by atoms with van der Waals surface area (Å²) in [4.78, 5) is 15.1. The van der Waals surface area contributed by atoms with Gasteiger partial charge in [-0.05, 0) is 42.3 Å². The summed E-state index contributed by atoms with van der Waals surface area (Å²) >= 11 is 0. The Morgan fingerprint density at radius 1 is 1.03 bits per heavy atom. The van der Waals surface area contributed by atoms with Crippen LogP contribution in [-0.2, 0) is 6.42 Å². The number of halogens is 1. The topological polar surface area (TPSA) is 87.7 Å². The third kappa shape index (κ3) is 3.86. The maximum atomic E-state index is 15.1. The summed E-state index contributed by atoms with van der Waals surface area (Å²) < 4.78 is 25.8. The van der Waals surface area contributed by atoms with E-state index in [0.717, 1.165) is 5.56 Å². The van der Waals surface area contributed by atoms with E-state index in [1.54, 1.807) is 61.6 Å². The quantitative estimate of drug-likeness (QED) is 0.405. The highest BCUT2D eigenvalue weighted by molar-refractivity contribution is 6.00. The van der Waals surface area contributed by atoms with Gasteiger partial charge in [-0.15, -0.1) is 0 Å². The minimum absolute atomic E-state index is 0.0327. The van der Waals surface area contributed by atoms with E-state index < -0.39 is 11.9 Å². The summed E-state index contributed by atoms with van der Waals surface area (Å²) in [5.41, 5.74) is 3.05. The number of hydrogen-bond donors (Lipinski definition) is 2. The van der Waals surface area contributed by atoms with Gasteiger partial charge in [-0.2, -0.15) is 5.10 Å². The van der Waals surface area contributed by atoms with E-state index in [1.807, 2.05) is 18.2 Å². The molecule has 2 heterocycles. The molecule has 4 aromatic rings. The monoisotopic (exact) mass is 473 g/mol. The molecule has 35 heavy (non-hydrogen) atoms. The number of hydrogen-bond acceptors (Lipinski definition) is 5. The zero-order chi connectivity index (χ0) is 24.5. The number of nitrogens with one attached hydrogen (secondary N) is 1. The van der Waals surface area contributed by atoms with Crippen LogP contribution in [0.5, 0.6) is 17.2 Å². The number of aromatic nitrogens is 2. The van der Waals surface area contributed by atoms with Crippen LogP contribution in [0.3, 0.4) is 0 Å². The van der Waals surface area contributed by atoms with Gasteiger partial charge in [-0.1, -0.05) is 36.4 Å². The fourth-order valence-electron chi connectivity index (χ4n) is 4.61. The van der Waals surface area contributed by atoms with Crippen molar-refractivity contribution in [3.05, 3.63) is 94.9 Å². The van der Waals surface area contributed by atoms with E-state index in [2.05, 4.69) is 10.2 Å². The molecule has 178 valence electrons. The van der Waals surface area contributed by atoms with Gasteiger partial charge in [0.15, 0.2) is 11.5 Å². The highest BCUT2D eigenvalue weighted by Crippen LogP contribution is 2.45. The Balaban J connectivity index is 1.55. The summed E-state index contributed by atoms with van der Waals surface area (Å²) in [5.74, 6) is 0.553. The fourth-order valence-corrected chi connectivity index (χ4v) is 4.61. The standard InChI is InChI=1S/C27H24FN3O4/c1-34-21-12-11-16(15-22(21)35-2)13-14-31-26(17-7-3-5-9-19(17)28)23-24(29-30-25(23)27(31)33)18-8-4-6-10-20(18)32/h3-12,15,26,32H,13-14H2,1-2H3,(H,29,30). The van der Waals surface area contributed by atoms with Crippen LogP contribution in [0, 0.1) is 5.82 Å². The van der Waals surface area contributed by atoms with Gasteiger partial charge in [0.25, 0.3) is 5.91 Å². The fraction of sp³-hybridized carbons (Fsp3) is 0.185. The molecule has 1 aromatic heterocycles. The second-order valence-electron chi connectivity index (χ2n) is 8.24. The predicted octanol–water partition coefficient (Wildman–Crippen LogP) is 4.73. The molecule has 1 unspecified atom stereocenters. The molecule has 1 atom stereocenters. The number of H-pyrrole nitrogens is 1. The number of carbonyl (C=O) groups excluding carboxylic acids is 1.